The van der Waals surface area contributed by atoms with Crippen LogP contribution in [0.2, 0.25) is 0 Å². The fourth-order valence-corrected chi connectivity index (χ4v) is 2.73. The van der Waals surface area contributed by atoms with Crippen LogP contribution in [-0.4, -0.2) is 24.4 Å². The van der Waals surface area contributed by atoms with Gasteiger partial charge in [0.2, 0.25) is 0 Å². The maximum Gasteiger partial charge on any atom is 0.119 e. The first kappa shape index (κ1) is 15.1. The van der Waals surface area contributed by atoms with Gasteiger partial charge in [0.25, 0.3) is 0 Å². The third-order valence-electron chi connectivity index (χ3n) is 3.92. The molecular weight excluding hydrogens is 250 g/mol. The molecule has 0 heterocycles. The van der Waals surface area contributed by atoms with Crippen LogP contribution in [-0.2, 0) is 6.54 Å². The van der Waals surface area contributed by atoms with Crippen molar-refractivity contribution in [2.75, 3.05) is 13.2 Å². The smallest absolute Gasteiger partial charge is 0.119 e. The molecule has 1 saturated carbocycles. The van der Waals surface area contributed by atoms with Gasteiger partial charge in [0.15, 0.2) is 0 Å². The summed E-state index contributed by atoms with van der Waals surface area (Å²) in [7, 11) is 0. The molecule has 1 atom stereocenters. The number of ether oxygens (including phenoxy) is 1. The molecule has 0 saturated heterocycles. The Hall–Kier alpha value is -1.32. The van der Waals surface area contributed by atoms with Crippen molar-refractivity contribution in [3.63, 3.8) is 0 Å². The molecular formula is C17H25NO2. The number of nitrogens with one attached hydrogen (secondary N) is 1. The van der Waals surface area contributed by atoms with Crippen molar-refractivity contribution in [2.24, 2.45) is 5.92 Å². The summed E-state index contributed by atoms with van der Waals surface area (Å²) < 4.78 is 5.44. The lowest BCUT2D eigenvalue weighted by atomic mass is 10.0. The molecule has 1 aromatic carbocycles. The minimum Gasteiger partial charge on any atom is -0.490 e. The predicted molar refractivity (Wildman–Crippen MR) is 81.8 cm³/mol. The Labute approximate surface area is 121 Å². The van der Waals surface area contributed by atoms with Crippen molar-refractivity contribution < 1.29 is 9.84 Å². The van der Waals surface area contributed by atoms with Crippen LogP contribution >= 0.6 is 0 Å². The molecule has 0 spiro atoms. The van der Waals surface area contributed by atoms with Crippen molar-refractivity contribution in [3.8, 4) is 5.75 Å². The van der Waals surface area contributed by atoms with E-state index in [1.54, 1.807) is 6.08 Å². The minimum atomic E-state index is -0.201. The van der Waals surface area contributed by atoms with Gasteiger partial charge < -0.3 is 15.2 Å². The molecule has 1 aliphatic rings. The van der Waals surface area contributed by atoms with E-state index < -0.39 is 0 Å². The zero-order valence-corrected chi connectivity index (χ0v) is 12.1. The average Bonchev–Trinajstić information content (AvgIpc) is 3.00. The largest absolute Gasteiger partial charge is 0.490 e. The van der Waals surface area contributed by atoms with E-state index in [9.17, 15) is 5.11 Å². The zero-order chi connectivity index (χ0) is 14.2. The highest BCUT2D eigenvalue weighted by Gasteiger charge is 2.22. The fourth-order valence-electron chi connectivity index (χ4n) is 2.73. The van der Waals surface area contributed by atoms with Crippen molar-refractivity contribution in [3.05, 3.63) is 42.5 Å². The number of aliphatic hydroxyl groups excluding tert-OH is 1. The van der Waals surface area contributed by atoms with Gasteiger partial charge in [0.1, 0.15) is 12.4 Å². The summed E-state index contributed by atoms with van der Waals surface area (Å²) in [5.74, 6) is 1.36. The van der Waals surface area contributed by atoms with E-state index in [1.807, 2.05) is 24.3 Å². The first-order chi connectivity index (χ1) is 9.79. The second-order valence-electron chi connectivity index (χ2n) is 5.49. The molecule has 0 amide bonds. The van der Waals surface area contributed by atoms with E-state index in [-0.39, 0.29) is 6.10 Å². The van der Waals surface area contributed by atoms with Crippen LogP contribution in [0.5, 0.6) is 5.75 Å². The van der Waals surface area contributed by atoms with Crippen LogP contribution in [0.1, 0.15) is 31.2 Å². The third kappa shape index (κ3) is 4.66. The van der Waals surface area contributed by atoms with Gasteiger partial charge in [-0.1, -0.05) is 37.6 Å². The summed E-state index contributed by atoms with van der Waals surface area (Å²) in [6.45, 7) is 5.62. The third-order valence-corrected chi connectivity index (χ3v) is 3.92. The molecule has 1 aromatic rings. The Morgan fingerprint density at radius 2 is 2.00 bits per heavy atom. The van der Waals surface area contributed by atoms with Crippen LogP contribution < -0.4 is 10.1 Å². The van der Waals surface area contributed by atoms with Gasteiger partial charge in [0.05, 0.1) is 6.10 Å². The topological polar surface area (TPSA) is 41.5 Å². The maximum atomic E-state index is 10.1. The van der Waals surface area contributed by atoms with E-state index in [0.717, 1.165) is 12.3 Å². The quantitative estimate of drug-likeness (QED) is 0.717. The van der Waals surface area contributed by atoms with Crippen LogP contribution in [0.4, 0.5) is 0 Å². The first-order valence-corrected chi connectivity index (χ1v) is 7.51. The number of aliphatic hydroxyl groups is 1. The second kappa shape index (κ2) is 8.08. The molecule has 3 heteroatoms. The normalized spacial score (nSPS) is 17.1. The Bertz CT molecular complexity index is 396. The maximum absolute atomic E-state index is 10.1. The molecule has 0 aromatic heterocycles. The monoisotopic (exact) mass is 275 g/mol. The Morgan fingerprint density at radius 3 is 2.65 bits per heavy atom. The summed E-state index contributed by atoms with van der Waals surface area (Å²) in [4.78, 5) is 0. The first-order valence-electron chi connectivity index (χ1n) is 7.51. The van der Waals surface area contributed by atoms with Gasteiger partial charge in [0, 0.05) is 13.1 Å². The van der Waals surface area contributed by atoms with Crippen LogP contribution in [0.3, 0.4) is 0 Å². The van der Waals surface area contributed by atoms with E-state index in [4.69, 9.17) is 4.74 Å². The van der Waals surface area contributed by atoms with Crippen molar-refractivity contribution in [1.29, 1.82) is 0 Å². The van der Waals surface area contributed by atoms with Crippen LogP contribution in [0, 0.1) is 5.92 Å². The van der Waals surface area contributed by atoms with Gasteiger partial charge in [-0.3, -0.25) is 0 Å². The molecule has 0 bridgehead atoms. The van der Waals surface area contributed by atoms with E-state index >= 15 is 0 Å². The van der Waals surface area contributed by atoms with Crippen LogP contribution in [0.15, 0.2) is 36.9 Å². The molecule has 20 heavy (non-hydrogen) atoms. The predicted octanol–water partition coefficient (Wildman–Crippen LogP) is 2.89. The van der Waals surface area contributed by atoms with E-state index in [0.29, 0.717) is 19.1 Å². The van der Waals surface area contributed by atoms with Gasteiger partial charge in [-0.25, -0.2) is 0 Å². The molecule has 110 valence electrons. The highest BCUT2D eigenvalue weighted by molar-refractivity contribution is 5.27. The number of rotatable bonds is 8. The lowest BCUT2D eigenvalue weighted by molar-refractivity contribution is 0.109. The van der Waals surface area contributed by atoms with Gasteiger partial charge in [-0.15, -0.1) is 0 Å². The molecule has 1 aliphatic carbocycles. The Kier molecular flexibility index (Phi) is 6.09. The lowest BCUT2D eigenvalue weighted by Crippen LogP contribution is -2.31. The number of hydrogen-bond donors (Lipinski definition) is 2. The van der Waals surface area contributed by atoms with Gasteiger partial charge >= 0.3 is 0 Å². The van der Waals surface area contributed by atoms with Crippen molar-refractivity contribution in [1.82, 2.24) is 5.32 Å². The standard InChI is InChI=1S/C17H25NO2/c1-2-11-20-16-9-7-14(8-10-16)12-18-13-17(19)15-5-3-4-6-15/h2,7-10,15,17-19H,1,3-6,11-13H2. The zero-order valence-electron chi connectivity index (χ0n) is 12.1. The van der Waals surface area contributed by atoms with Crippen LogP contribution in [0.25, 0.3) is 0 Å². The number of hydrogen-bond acceptors (Lipinski definition) is 3. The molecule has 1 unspecified atom stereocenters. The highest BCUT2D eigenvalue weighted by atomic mass is 16.5. The molecule has 2 rings (SSSR count). The molecule has 0 radical (unpaired) electrons. The Balaban J connectivity index is 1.69. The second-order valence-corrected chi connectivity index (χ2v) is 5.49. The summed E-state index contributed by atoms with van der Waals surface area (Å²) in [6, 6.07) is 8.03. The highest BCUT2D eigenvalue weighted by Crippen LogP contribution is 2.27. The molecule has 0 aliphatic heterocycles. The Morgan fingerprint density at radius 1 is 1.30 bits per heavy atom. The fraction of sp³-hybridized carbons (Fsp3) is 0.529. The lowest BCUT2D eigenvalue weighted by Gasteiger charge is -2.18. The summed E-state index contributed by atoms with van der Waals surface area (Å²) in [5.41, 5.74) is 1.20. The molecule has 3 nitrogen and oxygen atoms in total. The van der Waals surface area contributed by atoms with Gasteiger partial charge in [-0.05, 0) is 36.5 Å². The van der Waals surface area contributed by atoms with Crippen molar-refractivity contribution in [2.45, 2.75) is 38.3 Å². The number of benzene rings is 1. The average molecular weight is 275 g/mol. The minimum absolute atomic E-state index is 0.201. The van der Waals surface area contributed by atoms with E-state index in [2.05, 4.69) is 11.9 Å². The molecule has 1 fully saturated rings. The summed E-state index contributed by atoms with van der Waals surface area (Å²) in [5, 5.41) is 13.4. The molecule has 2 N–H and O–H groups in total. The van der Waals surface area contributed by atoms with Gasteiger partial charge in [-0.2, -0.15) is 0 Å². The van der Waals surface area contributed by atoms with E-state index in [1.165, 1.54) is 31.2 Å². The summed E-state index contributed by atoms with van der Waals surface area (Å²) >= 11 is 0. The summed E-state index contributed by atoms with van der Waals surface area (Å²) in [6.07, 6.45) is 6.44. The van der Waals surface area contributed by atoms with Crippen molar-refractivity contribution >= 4 is 0 Å². The SMILES string of the molecule is C=CCOc1ccc(CNCC(O)C2CCCC2)cc1.